The van der Waals surface area contributed by atoms with Crippen molar-refractivity contribution in [1.29, 1.82) is 0 Å². The number of aromatic nitrogens is 2. The van der Waals surface area contributed by atoms with E-state index in [9.17, 15) is 9.59 Å². The number of benzene rings is 2. The fourth-order valence-corrected chi connectivity index (χ4v) is 4.87. The number of H-pyrrole nitrogens is 1. The van der Waals surface area contributed by atoms with Crippen molar-refractivity contribution in [3.63, 3.8) is 0 Å². The van der Waals surface area contributed by atoms with Gasteiger partial charge < -0.3 is 16.4 Å². The molecule has 0 saturated heterocycles. The van der Waals surface area contributed by atoms with Crippen molar-refractivity contribution in [2.24, 2.45) is 5.73 Å². The maximum atomic E-state index is 13.0. The van der Waals surface area contributed by atoms with Crippen LogP contribution in [0.25, 0.3) is 33.3 Å². The van der Waals surface area contributed by atoms with Crippen LogP contribution >= 0.6 is 11.3 Å². The molecule has 5 rings (SSSR count). The van der Waals surface area contributed by atoms with Gasteiger partial charge in [-0.1, -0.05) is 18.7 Å². The number of thiophene rings is 1. The zero-order chi connectivity index (χ0) is 22.6. The lowest BCUT2D eigenvalue weighted by Crippen LogP contribution is -2.30. The van der Waals surface area contributed by atoms with E-state index in [1.54, 1.807) is 22.3 Å². The number of fused-ring (bicyclic) bond motifs is 2. The van der Waals surface area contributed by atoms with E-state index in [0.717, 1.165) is 38.9 Å². The highest BCUT2D eigenvalue weighted by Gasteiger charge is 2.32. The van der Waals surface area contributed by atoms with E-state index in [2.05, 4.69) is 41.2 Å². The lowest BCUT2D eigenvalue weighted by Gasteiger charge is -2.15. The summed E-state index contributed by atoms with van der Waals surface area (Å²) in [6, 6.07) is 11.9. The van der Waals surface area contributed by atoms with Crippen LogP contribution in [-0.4, -0.2) is 33.5 Å². The molecule has 0 bridgehead atoms. The number of amides is 2. The van der Waals surface area contributed by atoms with E-state index < -0.39 is 5.91 Å². The number of hydrogen-bond donors (Lipinski definition) is 3. The molecule has 5 N–H and O–H groups in total. The summed E-state index contributed by atoms with van der Waals surface area (Å²) in [6.45, 7) is 6.16. The molecule has 160 valence electrons. The average molecular weight is 444 g/mol. The maximum Gasteiger partial charge on any atom is 0.256 e. The van der Waals surface area contributed by atoms with E-state index >= 15 is 0 Å². The van der Waals surface area contributed by atoms with Crippen molar-refractivity contribution >= 4 is 39.7 Å². The van der Waals surface area contributed by atoms with Gasteiger partial charge in [-0.15, -0.1) is 11.3 Å². The Morgan fingerprint density at radius 2 is 2.06 bits per heavy atom. The summed E-state index contributed by atoms with van der Waals surface area (Å²) < 4.78 is 0. The normalized spacial score (nSPS) is 13.0. The Kier molecular flexibility index (Phi) is 4.60. The van der Waals surface area contributed by atoms with Gasteiger partial charge in [-0.2, -0.15) is 5.10 Å². The minimum atomic E-state index is -0.622. The molecular weight excluding hydrogens is 422 g/mol. The molecule has 0 fully saturated rings. The summed E-state index contributed by atoms with van der Waals surface area (Å²) >= 11 is 1.69. The first-order valence-corrected chi connectivity index (χ1v) is 10.9. The summed E-state index contributed by atoms with van der Waals surface area (Å²) in [4.78, 5) is 27.2. The quantitative estimate of drug-likeness (QED) is 0.321. The zero-order valence-corrected chi connectivity index (χ0v) is 18.3. The fourth-order valence-electron chi connectivity index (χ4n) is 4.18. The average Bonchev–Trinajstić information content (AvgIpc) is 3.45. The molecule has 8 heteroatoms. The van der Waals surface area contributed by atoms with Gasteiger partial charge in [-0.3, -0.25) is 14.7 Å². The molecule has 2 aromatic carbocycles. The van der Waals surface area contributed by atoms with E-state index in [-0.39, 0.29) is 18.0 Å². The van der Waals surface area contributed by atoms with Crippen molar-refractivity contribution in [1.82, 2.24) is 15.1 Å². The number of primary amides is 1. The van der Waals surface area contributed by atoms with Crippen molar-refractivity contribution in [2.45, 2.75) is 13.5 Å². The molecule has 0 saturated carbocycles. The molecule has 2 aromatic heterocycles. The smallest absolute Gasteiger partial charge is 0.256 e. The van der Waals surface area contributed by atoms with Crippen LogP contribution in [0.1, 0.15) is 20.8 Å². The number of nitrogens with one attached hydrogen (secondary N) is 1. The highest BCUT2D eigenvalue weighted by molar-refractivity contribution is 7.10. The first-order valence-electron chi connectivity index (χ1n) is 10.1. The minimum absolute atomic E-state index is 0.0736. The third kappa shape index (κ3) is 3.16. The summed E-state index contributed by atoms with van der Waals surface area (Å²) in [7, 11) is 0. The number of rotatable bonds is 5. The summed E-state index contributed by atoms with van der Waals surface area (Å²) in [5, 5.41) is 10.7. The van der Waals surface area contributed by atoms with Gasteiger partial charge in [0.1, 0.15) is 5.69 Å². The standard InChI is InChI=1S/C24H21N5O2S/c1-12(23(26)30)9-29-10-18-16(4-5-19(25)21(18)24(29)31)14-3-6-20-17(8-14)22(28-27-20)15-7-13(2)32-11-15/h3-8,11H,1,9-10,25H2,2H3,(H2,26,30)(H,27,28). The molecule has 1 aliphatic heterocycles. The number of nitrogens with zero attached hydrogens (tertiary/aromatic N) is 2. The molecule has 7 nitrogen and oxygen atoms in total. The molecule has 0 unspecified atom stereocenters. The molecular formula is C24H21N5O2S. The highest BCUT2D eigenvalue weighted by Crippen LogP contribution is 2.38. The first kappa shape index (κ1) is 20.0. The predicted octanol–water partition coefficient (Wildman–Crippen LogP) is 3.85. The third-order valence-electron chi connectivity index (χ3n) is 5.80. The van der Waals surface area contributed by atoms with Crippen molar-refractivity contribution < 1.29 is 9.59 Å². The monoisotopic (exact) mass is 443 g/mol. The second-order valence-corrected chi connectivity index (χ2v) is 9.08. The predicted molar refractivity (Wildman–Crippen MR) is 127 cm³/mol. The summed E-state index contributed by atoms with van der Waals surface area (Å²) in [6.07, 6.45) is 0. The zero-order valence-electron chi connectivity index (χ0n) is 17.4. The Morgan fingerprint density at radius 3 is 2.78 bits per heavy atom. The number of nitrogens with two attached hydrogens (primary N) is 2. The Bertz CT molecular complexity index is 1430. The maximum absolute atomic E-state index is 13.0. The number of hydrogen-bond acceptors (Lipinski definition) is 5. The van der Waals surface area contributed by atoms with Crippen LogP contribution in [0.5, 0.6) is 0 Å². The first-order chi connectivity index (χ1) is 15.3. The Hall–Kier alpha value is -3.91. The number of carbonyl (C=O) groups excluding carboxylic acids is 2. The Balaban J connectivity index is 1.59. The lowest BCUT2D eigenvalue weighted by molar-refractivity contribution is -0.114. The summed E-state index contributed by atoms with van der Waals surface area (Å²) in [5.74, 6) is -0.843. The van der Waals surface area contributed by atoms with Crippen LogP contribution in [0.2, 0.25) is 0 Å². The second-order valence-electron chi connectivity index (χ2n) is 7.96. The van der Waals surface area contributed by atoms with Crippen LogP contribution in [0.3, 0.4) is 0 Å². The van der Waals surface area contributed by atoms with Gasteiger partial charge in [-0.05, 0) is 47.9 Å². The van der Waals surface area contributed by atoms with Gasteiger partial charge in [0, 0.05) is 39.0 Å². The van der Waals surface area contributed by atoms with Crippen LogP contribution in [0.15, 0.2) is 53.9 Å². The molecule has 4 aromatic rings. The minimum Gasteiger partial charge on any atom is -0.398 e. The van der Waals surface area contributed by atoms with Crippen molar-refractivity contribution in [3.8, 4) is 22.4 Å². The molecule has 1 aliphatic rings. The molecule has 0 spiro atoms. The third-order valence-corrected chi connectivity index (χ3v) is 6.66. The van der Waals surface area contributed by atoms with Crippen molar-refractivity contribution in [3.05, 3.63) is 69.9 Å². The lowest BCUT2D eigenvalue weighted by atomic mass is 9.94. The fraction of sp³-hybridized carbons (Fsp3) is 0.125. The second kappa shape index (κ2) is 7.35. The Labute approximate surface area is 188 Å². The SMILES string of the molecule is C=C(CN1Cc2c(-c3ccc4[nH]nc(-c5csc(C)c5)c4c3)ccc(N)c2C1=O)C(N)=O. The largest absolute Gasteiger partial charge is 0.398 e. The van der Waals surface area contributed by atoms with Crippen LogP contribution in [-0.2, 0) is 11.3 Å². The van der Waals surface area contributed by atoms with Gasteiger partial charge in [0.25, 0.3) is 5.91 Å². The molecule has 3 heterocycles. The molecule has 0 atom stereocenters. The van der Waals surface area contributed by atoms with Crippen LogP contribution in [0.4, 0.5) is 5.69 Å². The van der Waals surface area contributed by atoms with Crippen LogP contribution < -0.4 is 11.5 Å². The van der Waals surface area contributed by atoms with E-state index in [4.69, 9.17) is 11.5 Å². The highest BCUT2D eigenvalue weighted by atomic mass is 32.1. The number of nitrogen functional groups attached to an aromatic ring is 1. The summed E-state index contributed by atoms with van der Waals surface area (Å²) in [5.41, 5.74) is 18.2. The number of anilines is 1. The van der Waals surface area contributed by atoms with Gasteiger partial charge in [-0.25, -0.2) is 0 Å². The molecule has 2 amide bonds. The molecule has 32 heavy (non-hydrogen) atoms. The van der Waals surface area contributed by atoms with E-state index in [1.807, 2.05) is 18.2 Å². The van der Waals surface area contributed by atoms with Gasteiger partial charge >= 0.3 is 0 Å². The number of aryl methyl sites for hydroxylation is 1. The van der Waals surface area contributed by atoms with Gasteiger partial charge in [0.15, 0.2) is 0 Å². The van der Waals surface area contributed by atoms with Crippen LogP contribution in [0, 0.1) is 6.92 Å². The van der Waals surface area contributed by atoms with E-state index in [1.165, 1.54) is 4.88 Å². The van der Waals surface area contributed by atoms with Gasteiger partial charge in [0.05, 0.1) is 17.6 Å². The number of carbonyl (C=O) groups is 2. The number of aromatic amines is 1. The molecule has 0 aliphatic carbocycles. The van der Waals surface area contributed by atoms with Gasteiger partial charge in [0.2, 0.25) is 5.91 Å². The molecule has 0 radical (unpaired) electrons. The Morgan fingerprint density at radius 1 is 1.25 bits per heavy atom. The van der Waals surface area contributed by atoms with Crippen molar-refractivity contribution in [2.75, 3.05) is 12.3 Å². The van der Waals surface area contributed by atoms with E-state index in [0.29, 0.717) is 17.8 Å². The topological polar surface area (TPSA) is 118 Å².